The second kappa shape index (κ2) is 6.24. The number of rotatable bonds is 6. The largest absolute Gasteiger partial charge is 0.341 e. The van der Waals surface area contributed by atoms with Crippen LogP contribution in [0, 0.1) is 0 Å². The standard InChI is InChI=1S/C15H21ClN2/c1-3-5-7-12-11(6-4-2)8-9-13-15(12)18-14(10-16)17-13/h8-9H,3-7,10H2,1-2H3,(H,17,18). The molecule has 2 aromatic rings. The number of benzene rings is 1. The molecule has 2 nitrogen and oxygen atoms in total. The van der Waals surface area contributed by atoms with Gasteiger partial charge < -0.3 is 4.98 Å². The molecule has 0 aliphatic rings. The van der Waals surface area contributed by atoms with Gasteiger partial charge in [-0.3, -0.25) is 0 Å². The van der Waals surface area contributed by atoms with Gasteiger partial charge in [0.15, 0.2) is 0 Å². The zero-order chi connectivity index (χ0) is 13.0. The summed E-state index contributed by atoms with van der Waals surface area (Å²) in [7, 11) is 0. The predicted octanol–water partition coefficient (Wildman–Crippen LogP) is 4.60. The van der Waals surface area contributed by atoms with Gasteiger partial charge in [0.2, 0.25) is 0 Å². The molecule has 0 saturated heterocycles. The summed E-state index contributed by atoms with van der Waals surface area (Å²) in [5.41, 5.74) is 5.12. The number of unbranched alkanes of at least 4 members (excludes halogenated alkanes) is 1. The first kappa shape index (κ1) is 13.4. The maximum atomic E-state index is 5.86. The normalized spacial score (nSPS) is 11.3. The van der Waals surface area contributed by atoms with Crippen molar-refractivity contribution in [3.63, 3.8) is 0 Å². The summed E-state index contributed by atoms with van der Waals surface area (Å²) >= 11 is 5.86. The van der Waals surface area contributed by atoms with Crippen molar-refractivity contribution >= 4 is 22.6 Å². The molecule has 1 aromatic carbocycles. The molecule has 0 aliphatic carbocycles. The van der Waals surface area contributed by atoms with Crippen LogP contribution in [0.25, 0.3) is 11.0 Å². The van der Waals surface area contributed by atoms with Crippen molar-refractivity contribution in [2.75, 3.05) is 0 Å². The smallest absolute Gasteiger partial charge is 0.122 e. The van der Waals surface area contributed by atoms with Crippen LogP contribution in [0.3, 0.4) is 0 Å². The lowest BCUT2D eigenvalue weighted by Gasteiger charge is -2.09. The van der Waals surface area contributed by atoms with Gasteiger partial charge in [0.1, 0.15) is 5.82 Å². The van der Waals surface area contributed by atoms with E-state index in [4.69, 9.17) is 11.6 Å². The molecule has 0 fully saturated rings. The van der Waals surface area contributed by atoms with E-state index >= 15 is 0 Å². The van der Waals surface area contributed by atoms with Gasteiger partial charge in [0, 0.05) is 0 Å². The number of aromatic amines is 1. The van der Waals surface area contributed by atoms with Crippen LogP contribution in [0.4, 0.5) is 0 Å². The van der Waals surface area contributed by atoms with Gasteiger partial charge in [-0.1, -0.05) is 32.8 Å². The Labute approximate surface area is 114 Å². The Morgan fingerprint density at radius 2 is 2.00 bits per heavy atom. The molecular formula is C15H21ClN2. The number of aryl methyl sites for hydroxylation is 2. The topological polar surface area (TPSA) is 28.7 Å². The SMILES string of the molecule is CCCCc1c(CCC)ccc2[nH]c(CCl)nc12. The maximum Gasteiger partial charge on any atom is 0.122 e. The van der Waals surface area contributed by atoms with Crippen molar-refractivity contribution in [2.24, 2.45) is 0 Å². The highest BCUT2D eigenvalue weighted by Gasteiger charge is 2.11. The predicted molar refractivity (Wildman–Crippen MR) is 78.3 cm³/mol. The van der Waals surface area contributed by atoms with Crippen molar-refractivity contribution in [3.8, 4) is 0 Å². The van der Waals surface area contributed by atoms with Crippen LogP contribution in [0.5, 0.6) is 0 Å². The van der Waals surface area contributed by atoms with E-state index in [0.717, 1.165) is 29.7 Å². The number of fused-ring (bicyclic) bond motifs is 1. The van der Waals surface area contributed by atoms with E-state index in [9.17, 15) is 0 Å². The fourth-order valence-corrected chi connectivity index (χ4v) is 2.55. The number of nitrogens with zero attached hydrogens (tertiary/aromatic N) is 1. The van der Waals surface area contributed by atoms with Gasteiger partial charge in [-0.15, -0.1) is 11.6 Å². The van der Waals surface area contributed by atoms with Crippen LogP contribution in [0.2, 0.25) is 0 Å². The molecule has 0 amide bonds. The Bertz CT molecular complexity index is 516. The second-order valence-corrected chi connectivity index (χ2v) is 5.04. The highest BCUT2D eigenvalue weighted by Crippen LogP contribution is 2.24. The molecular weight excluding hydrogens is 244 g/mol. The van der Waals surface area contributed by atoms with Crippen LogP contribution < -0.4 is 0 Å². The van der Waals surface area contributed by atoms with Gasteiger partial charge >= 0.3 is 0 Å². The van der Waals surface area contributed by atoms with Crippen molar-refractivity contribution in [1.82, 2.24) is 9.97 Å². The Morgan fingerprint density at radius 3 is 2.67 bits per heavy atom. The van der Waals surface area contributed by atoms with Crippen molar-refractivity contribution < 1.29 is 0 Å². The van der Waals surface area contributed by atoms with Crippen LogP contribution in [-0.4, -0.2) is 9.97 Å². The number of aromatic nitrogens is 2. The lowest BCUT2D eigenvalue weighted by atomic mass is 9.97. The van der Waals surface area contributed by atoms with E-state index in [-0.39, 0.29) is 0 Å². The molecule has 0 aliphatic heterocycles. The fraction of sp³-hybridized carbons (Fsp3) is 0.533. The van der Waals surface area contributed by atoms with Gasteiger partial charge in [-0.2, -0.15) is 0 Å². The minimum Gasteiger partial charge on any atom is -0.341 e. The lowest BCUT2D eigenvalue weighted by molar-refractivity contribution is 0.784. The molecule has 18 heavy (non-hydrogen) atoms. The number of H-pyrrole nitrogens is 1. The molecule has 1 heterocycles. The minimum atomic E-state index is 0.449. The lowest BCUT2D eigenvalue weighted by Crippen LogP contribution is -1.96. The van der Waals surface area contributed by atoms with Gasteiger partial charge in [0.05, 0.1) is 16.9 Å². The Balaban J connectivity index is 2.48. The average Bonchev–Trinajstić information content (AvgIpc) is 2.81. The van der Waals surface area contributed by atoms with E-state index in [1.54, 1.807) is 0 Å². The van der Waals surface area contributed by atoms with E-state index in [0.29, 0.717) is 5.88 Å². The third kappa shape index (κ3) is 2.69. The Morgan fingerprint density at radius 1 is 1.17 bits per heavy atom. The number of hydrogen-bond donors (Lipinski definition) is 1. The summed E-state index contributed by atoms with van der Waals surface area (Å²) in [6, 6.07) is 4.38. The van der Waals surface area contributed by atoms with Crippen molar-refractivity contribution in [3.05, 3.63) is 29.1 Å². The first-order valence-electron chi connectivity index (χ1n) is 6.85. The molecule has 0 atom stereocenters. The van der Waals surface area contributed by atoms with E-state index < -0.39 is 0 Å². The van der Waals surface area contributed by atoms with Gasteiger partial charge in [0.25, 0.3) is 0 Å². The summed E-state index contributed by atoms with van der Waals surface area (Å²) in [5, 5.41) is 0. The first-order chi connectivity index (χ1) is 8.80. The summed E-state index contributed by atoms with van der Waals surface area (Å²) in [6.45, 7) is 4.46. The fourth-order valence-electron chi connectivity index (χ4n) is 2.42. The molecule has 0 spiro atoms. The molecule has 3 heteroatoms. The van der Waals surface area contributed by atoms with E-state index in [2.05, 4.69) is 35.9 Å². The quantitative estimate of drug-likeness (QED) is 0.759. The number of nitrogens with one attached hydrogen (secondary N) is 1. The maximum absolute atomic E-state index is 5.86. The Kier molecular flexibility index (Phi) is 4.65. The molecule has 2 rings (SSSR count). The summed E-state index contributed by atoms with van der Waals surface area (Å²) in [4.78, 5) is 7.93. The zero-order valence-electron chi connectivity index (χ0n) is 11.2. The van der Waals surface area contributed by atoms with E-state index in [1.807, 2.05) is 0 Å². The van der Waals surface area contributed by atoms with Crippen LogP contribution in [-0.2, 0) is 18.7 Å². The van der Waals surface area contributed by atoms with Crippen LogP contribution >= 0.6 is 11.6 Å². The van der Waals surface area contributed by atoms with Crippen LogP contribution in [0.15, 0.2) is 12.1 Å². The third-order valence-corrected chi connectivity index (χ3v) is 3.58. The molecule has 1 N–H and O–H groups in total. The zero-order valence-corrected chi connectivity index (χ0v) is 12.0. The third-order valence-electron chi connectivity index (χ3n) is 3.33. The summed E-state index contributed by atoms with van der Waals surface area (Å²) in [6.07, 6.45) is 5.87. The second-order valence-electron chi connectivity index (χ2n) is 4.77. The number of imidazole rings is 1. The molecule has 1 aromatic heterocycles. The monoisotopic (exact) mass is 264 g/mol. The number of alkyl halides is 1. The molecule has 98 valence electrons. The Hall–Kier alpha value is -1.02. The van der Waals surface area contributed by atoms with Gasteiger partial charge in [-0.05, 0) is 36.5 Å². The molecule has 0 unspecified atom stereocenters. The molecule has 0 bridgehead atoms. The summed E-state index contributed by atoms with van der Waals surface area (Å²) in [5.74, 6) is 1.32. The van der Waals surface area contributed by atoms with Crippen molar-refractivity contribution in [2.45, 2.75) is 51.8 Å². The highest BCUT2D eigenvalue weighted by atomic mass is 35.5. The first-order valence-corrected chi connectivity index (χ1v) is 7.38. The number of halogens is 1. The van der Waals surface area contributed by atoms with Crippen LogP contribution in [0.1, 0.15) is 50.1 Å². The van der Waals surface area contributed by atoms with E-state index in [1.165, 1.54) is 30.4 Å². The minimum absolute atomic E-state index is 0.449. The van der Waals surface area contributed by atoms with Gasteiger partial charge in [-0.25, -0.2) is 4.98 Å². The molecule has 0 saturated carbocycles. The molecule has 0 radical (unpaired) electrons. The highest BCUT2D eigenvalue weighted by molar-refractivity contribution is 6.16. The average molecular weight is 265 g/mol. The number of hydrogen-bond acceptors (Lipinski definition) is 1. The summed E-state index contributed by atoms with van der Waals surface area (Å²) < 4.78 is 0. The van der Waals surface area contributed by atoms with Crippen molar-refractivity contribution in [1.29, 1.82) is 0 Å².